The number of methoxy groups -OCH3 is 1. The third-order valence-corrected chi connectivity index (χ3v) is 3.40. The van der Waals surface area contributed by atoms with Crippen molar-refractivity contribution in [3.05, 3.63) is 0 Å². The van der Waals surface area contributed by atoms with Crippen LogP contribution in [0, 0.1) is 5.92 Å². The third-order valence-electron chi connectivity index (χ3n) is 3.40. The second-order valence-corrected chi connectivity index (χ2v) is 5.63. The average molecular weight is 257 g/mol. The van der Waals surface area contributed by atoms with Crippen molar-refractivity contribution in [1.29, 1.82) is 0 Å². The van der Waals surface area contributed by atoms with Gasteiger partial charge in [0.05, 0.1) is 6.61 Å². The Morgan fingerprint density at radius 2 is 2.06 bits per heavy atom. The molecular weight excluding hydrogens is 226 g/mol. The largest absolute Gasteiger partial charge is 0.383 e. The van der Waals surface area contributed by atoms with Gasteiger partial charge in [0.15, 0.2) is 0 Å². The van der Waals surface area contributed by atoms with Gasteiger partial charge in [-0.1, -0.05) is 13.8 Å². The molecule has 0 aromatic rings. The Balaban J connectivity index is 2.25. The zero-order chi connectivity index (χ0) is 13.2. The van der Waals surface area contributed by atoms with Crippen LogP contribution in [0.4, 0.5) is 0 Å². The van der Waals surface area contributed by atoms with Crippen molar-refractivity contribution in [2.24, 2.45) is 5.92 Å². The highest BCUT2D eigenvalue weighted by Crippen LogP contribution is 2.01. The fraction of sp³-hybridized carbons (Fsp3) is 1.00. The number of hydrogen-bond donors (Lipinski definition) is 1. The summed E-state index contributed by atoms with van der Waals surface area (Å²) in [5, 5.41) is 3.46. The lowest BCUT2D eigenvalue weighted by Crippen LogP contribution is -2.39. The third kappa shape index (κ3) is 7.31. The number of nitrogens with one attached hydrogen (secondary N) is 1. The smallest absolute Gasteiger partial charge is 0.0589 e. The Labute approximate surface area is 113 Å². The molecule has 0 aliphatic carbocycles. The summed E-state index contributed by atoms with van der Waals surface area (Å²) in [6.45, 7) is 14.8. The Morgan fingerprint density at radius 1 is 1.22 bits per heavy atom. The van der Waals surface area contributed by atoms with Crippen molar-refractivity contribution in [3.8, 4) is 0 Å². The molecule has 1 aliphatic heterocycles. The van der Waals surface area contributed by atoms with Crippen molar-refractivity contribution >= 4 is 0 Å². The topological polar surface area (TPSA) is 27.7 Å². The van der Waals surface area contributed by atoms with E-state index in [4.69, 9.17) is 4.74 Å². The normalized spacial score (nSPS) is 18.5. The first-order chi connectivity index (χ1) is 8.72. The zero-order valence-corrected chi connectivity index (χ0v) is 12.5. The summed E-state index contributed by atoms with van der Waals surface area (Å²) in [6.07, 6.45) is 1.28. The van der Waals surface area contributed by atoms with E-state index in [1.807, 2.05) is 0 Å². The molecule has 0 unspecified atom stereocenters. The first-order valence-corrected chi connectivity index (χ1v) is 7.36. The summed E-state index contributed by atoms with van der Waals surface area (Å²) in [7, 11) is 1.79. The molecule has 18 heavy (non-hydrogen) atoms. The average Bonchev–Trinajstić information content (AvgIpc) is 2.60. The standard InChI is InChI=1S/C14H31N3O/c1-14(2)13-17(11-12-18-3)10-9-16-7-4-5-15-6-8-16/h14-15H,4-13H2,1-3H3. The molecule has 1 heterocycles. The van der Waals surface area contributed by atoms with E-state index in [0.717, 1.165) is 25.6 Å². The number of nitrogens with zero attached hydrogens (tertiary/aromatic N) is 2. The molecular formula is C14H31N3O. The van der Waals surface area contributed by atoms with Crippen LogP contribution in [-0.4, -0.2) is 75.9 Å². The van der Waals surface area contributed by atoms with E-state index in [9.17, 15) is 0 Å². The minimum Gasteiger partial charge on any atom is -0.383 e. The van der Waals surface area contributed by atoms with Gasteiger partial charge in [0.2, 0.25) is 0 Å². The van der Waals surface area contributed by atoms with Gasteiger partial charge in [-0.25, -0.2) is 0 Å². The summed E-state index contributed by atoms with van der Waals surface area (Å²) in [5.41, 5.74) is 0. The molecule has 0 spiro atoms. The predicted octanol–water partition coefficient (Wildman–Crippen LogP) is 0.886. The molecule has 4 nitrogen and oxygen atoms in total. The SMILES string of the molecule is COCCN(CCN1CCCNCC1)CC(C)C. The fourth-order valence-electron chi connectivity index (χ4n) is 2.44. The van der Waals surface area contributed by atoms with Gasteiger partial charge in [0.1, 0.15) is 0 Å². The Kier molecular flexibility index (Phi) is 8.59. The van der Waals surface area contributed by atoms with Gasteiger partial charge in [-0.3, -0.25) is 4.90 Å². The van der Waals surface area contributed by atoms with E-state index < -0.39 is 0 Å². The van der Waals surface area contributed by atoms with Crippen LogP contribution in [0.25, 0.3) is 0 Å². The van der Waals surface area contributed by atoms with Gasteiger partial charge in [-0.15, -0.1) is 0 Å². The Morgan fingerprint density at radius 3 is 2.78 bits per heavy atom. The van der Waals surface area contributed by atoms with Crippen LogP contribution >= 0.6 is 0 Å². The fourth-order valence-corrected chi connectivity index (χ4v) is 2.44. The van der Waals surface area contributed by atoms with Crippen molar-refractivity contribution < 1.29 is 4.74 Å². The van der Waals surface area contributed by atoms with Crippen molar-refractivity contribution in [3.63, 3.8) is 0 Å². The number of rotatable bonds is 8. The lowest BCUT2D eigenvalue weighted by atomic mass is 10.2. The summed E-state index contributed by atoms with van der Waals surface area (Å²) in [4.78, 5) is 5.12. The van der Waals surface area contributed by atoms with Gasteiger partial charge in [-0.05, 0) is 25.4 Å². The maximum absolute atomic E-state index is 5.20. The van der Waals surface area contributed by atoms with Gasteiger partial charge in [0, 0.05) is 46.4 Å². The molecule has 0 amide bonds. The highest BCUT2D eigenvalue weighted by molar-refractivity contribution is 4.69. The van der Waals surface area contributed by atoms with Crippen LogP contribution in [0.3, 0.4) is 0 Å². The van der Waals surface area contributed by atoms with Gasteiger partial charge in [-0.2, -0.15) is 0 Å². The van der Waals surface area contributed by atoms with Crippen molar-refractivity contribution in [1.82, 2.24) is 15.1 Å². The molecule has 0 saturated carbocycles. The van der Waals surface area contributed by atoms with Crippen LogP contribution in [0.1, 0.15) is 20.3 Å². The predicted molar refractivity (Wildman–Crippen MR) is 77.1 cm³/mol. The lowest BCUT2D eigenvalue weighted by Gasteiger charge is -2.27. The van der Waals surface area contributed by atoms with Crippen molar-refractivity contribution in [2.45, 2.75) is 20.3 Å². The van der Waals surface area contributed by atoms with Crippen LogP contribution in [0.15, 0.2) is 0 Å². The van der Waals surface area contributed by atoms with Gasteiger partial charge in [0.25, 0.3) is 0 Å². The molecule has 108 valence electrons. The monoisotopic (exact) mass is 257 g/mol. The molecule has 1 fully saturated rings. The summed E-state index contributed by atoms with van der Waals surface area (Å²) in [6, 6.07) is 0. The van der Waals surface area contributed by atoms with E-state index in [-0.39, 0.29) is 0 Å². The molecule has 1 N–H and O–H groups in total. The molecule has 0 bridgehead atoms. The second-order valence-electron chi connectivity index (χ2n) is 5.63. The van der Waals surface area contributed by atoms with Gasteiger partial charge < -0.3 is 15.0 Å². The van der Waals surface area contributed by atoms with E-state index >= 15 is 0 Å². The van der Waals surface area contributed by atoms with Crippen LogP contribution < -0.4 is 5.32 Å². The first-order valence-electron chi connectivity index (χ1n) is 7.36. The van der Waals surface area contributed by atoms with E-state index in [1.54, 1.807) is 7.11 Å². The maximum Gasteiger partial charge on any atom is 0.0589 e. The quantitative estimate of drug-likeness (QED) is 0.699. The molecule has 1 rings (SSSR count). The van der Waals surface area contributed by atoms with E-state index in [1.165, 1.54) is 45.7 Å². The highest BCUT2D eigenvalue weighted by atomic mass is 16.5. The van der Waals surface area contributed by atoms with Crippen LogP contribution in [0.2, 0.25) is 0 Å². The summed E-state index contributed by atoms with van der Waals surface area (Å²) < 4.78 is 5.20. The molecule has 1 saturated heterocycles. The number of ether oxygens (including phenoxy) is 1. The Bertz CT molecular complexity index is 191. The minimum absolute atomic E-state index is 0.729. The molecule has 0 atom stereocenters. The van der Waals surface area contributed by atoms with Crippen LogP contribution in [-0.2, 0) is 4.74 Å². The minimum atomic E-state index is 0.729. The second kappa shape index (κ2) is 9.73. The van der Waals surface area contributed by atoms with Crippen LogP contribution in [0.5, 0.6) is 0 Å². The van der Waals surface area contributed by atoms with E-state index in [0.29, 0.717) is 0 Å². The number of hydrogen-bond acceptors (Lipinski definition) is 4. The van der Waals surface area contributed by atoms with Crippen molar-refractivity contribution in [2.75, 3.05) is 66.1 Å². The lowest BCUT2D eigenvalue weighted by molar-refractivity contribution is 0.129. The molecule has 0 radical (unpaired) electrons. The summed E-state index contributed by atoms with van der Waals surface area (Å²) >= 11 is 0. The van der Waals surface area contributed by atoms with E-state index in [2.05, 4.69) is 29.0 Å². The summed E-state index contributed by atoms with van der Waals surface area (Å²) in [5.74, 6) is 0.729. The molecule has 4 heteroatoms. The maximum atomic E-state index is 5.20. The van der Waals surface area contributed by atoms with Gasteiger partial charge >= 0.3 is 0 Å². The molecule has 1 aliphatic rings. The Hall–Kier alpha value is -0.160. The highest BCUT2D eigenvalue weighted by Gasteiger charge is 2.11. The molecule has 0 aromatic heterocycles. The zero-order valence-electron chi connectivity index (χ0n) is 12.5. The first kappa shape index (κ1) is 15.9. The molecule has 0 aromatic carbocycles.